The average Bonchev–Trinajstić information content (AvgIpc) is 2.90. The first-order valence-corrected chi connectivity index (χ1v) is 8.36. The molecule has 0 aliphatic rings. The van der Waals surface area contributed by atoms with Crippen LogP contribution in [0.5, 0.6) is 0 Å². The van der Waals surface area contributed by atoms with Crippen molar-refractivity contribution in [1.82, 2.24) is 5.16 Å². The van der Waals surface area contributed by atoms with E-state index in [1.54, 1.807) is 11.8 Å². The standard InChI is InChI=1S/C16H13BrN2OS/c1-21-13-8-4-11(5-9-13)15-14(16(18)19-20-15)10-2-6-12(17)7-3-10/h2-9H,1H3,(H2,18,19). The first-order chi connectivity index (χ1) is 10.2. The molecule has 1 heterocycles. The highest BCUT2D eigenvalue weighted by Crippen LogP contribution is 2.37. The molecule has 2 N–H and O–H groups in total. The van der Waals surface area contributed by atoms with Crippen molar-refractivity contribution >= 4 is 33.5 Å². The summed E-state index contributed by atoms with van der Waals surface area (Å²) in [5.41, 5.74) is 8.77. The van der Waals surface area contributed by atoms with E-state index in [4.69, 9.17) is 10.3 Å². The molecule has 0 saturated heterocycles. The molecule has 0 radical (unpaired) electrons. The van der Waals surface area contributed by atoms with Crippen LogP contribution in [0.25, 0.3) is 22.5 Å². The van der Waals surface area contributed by atoms with E-state index in [2.05, 4.69) is 39.5 Å². The Kier molecular flexibility index (Phi) is 4.03. The Morgan fingerprint density at radius 1 is 1.00 bits per heavy atom. The van der Waals surface area contributed by atoms with Gasteiger partial charge in [0, 0.05) is 14.9 Å². The summed E-state index contributed by atoms with van der Waals surface area (Å²) in [6.45, 7) is 0. The van der Waals surface area contributed by atoms with Gasteiger partial charge in [-0.2, -0.15) is 0 Å². The lowest BCUT2D eigenvalue weighted by atomic mass is 10.0. The number of rotatable bonds is 3. The topological polar surface area (TPSA) is 52.0 Å². The molecule has 0 spiro atoms. The number of thioether (sulfide) groups is 1. The van der Waals surface area contributed by atoms with E-state index in [0.717, 1.165) is 21.2 Å². The molecular formula is C16H13BrN2OS. The van der Waals surface area contributed by atoms with Gasteiger partial charge in [0.25, 0.3) is 0 Å². The Balaban J connectivity index is 2.09. The van der Waals surface area contributed by atoms with E-state index in [1.165, 1.54) is 4.90 Å². The van der Waals surface area contributed by atoms with Gasteiger partial charge < -0.3 is 10.3 Å². The number of benzene rings is 2. The van der Waals surface area contributed by atoms with Crippen molar-refractivity contribution < 1.29 is 4.52 Å². The van der Waals surface area contributed by atoms with Crippen LogP contribution in [0.15, 0.2) is 62.4 Å². The molecule has 0 atom stereocenters. The van der Waals surface area contributed by atoms with Gasteiger partial charge in [0.05, 0.1) is 5.56 Å². The molecule has 3 aromatic rings. The Hall–Kier alpha value is -1.72. The molecule has 0 aliphatic heterocycles. The molecule has 2 aromatic carbocycles. The summed E-state index contributed by atoms with van der Waals surface area (Å²) in [7, 11) is 0. The van der Waals surface area contributed by atoms with Crippen LogP contribution in [0, 0.1) is 0 Å². The number of anilines is 1. The lowest BCUT2D eigenvalue weighted by Gasteiger charge is -2.04. The highest BCUT2D eigenvalue weighted by Gasteiger charge is 2.17. The van der Waals surface area contributed by atoms with Gasteiger partial charge in [-0.15, -0.1) is 11.8 Å². The maximum absolute atomic E-state index is 5.98. The number of hydrogen-bond acceptors (Lipinski definition) is 4. The van der Waals surface area contributed by atoms with Gasteiger partial charge >= 0.3 is 0 Å². The summed E-state index contributed by atoms with van der Waals surface area (Å²) in [5, 5.41) is 3.92. The summed E-state index contributed by atoms with van der Waals surface area (Å²) in [6, 6.07) is 16.1. The Morgan fingerprint density at radius 3 is 2.24 bits per heavy atom. The molecule has 0 bridgehead atoms. The molecule has 0 unspecified atom stereocenters. The summed E-state index contributed by atoms with van der Waals surface area (Å²) in [5.74, 6) is 1.10. The zero-order valence-corrected chi connectivity index (χ0v) is 13.7. The fourth-order valence-electron chi connectivity index (χ4n) is 2.14. The summed E-state index contributed by atoms with van der Waals surface area (Å²) >= 11 is 5.14. The van der Waals surface area contributed by atoms with Crippen molar-refractivity contribution in [3.8, 4) is 22.5 Å². The minimum absolute atomic E-state index is 0.404. The largest absolute Gasteiger partial charge is 0.380 e. The third-order valence-corrected chi connectivity index (χ3v) is 4.48. The average molecular weight is 361 g/mol. The molecule has 21 heavy (non-hydrogen) atoms. The van der Waals surface area contributed by atoms with Crippen LogP contribution in [0.4, 0.5) is 5.82 Å². The van der Waals surface area contributed by atoms with Gasteiger partial charge in [-0.1, -0.05) is 33.2 Å². The fraction of sp³-hybridized carbons (Fsp3) is 0.0625. The number of nitrogens with zero attached hydrogens (tertiary/aromatic N) is 1. The first kappa shape index (κ1) is 14.2. The van der Waals surface area contributed by atoms with E-state index in [1.807, 2.05) is 36.4 Å². The van der Waals surface area contributed by atoms with Gasteiger partial charge in [-0.25, -0.2) is 0 Å². The second-order valence-electron chi connectivity index (χ2n) is 4.51. The number of nitrogens with two attached hydrogens (primary N) is 1. The van der Waals surface area contributed by atoms with Crippen molar-refractivity contribution in [3.05, 3.63) is 53.0 Å². The molecular weight excluding hydrogens is 348 g/mol. The minimum Gasteiger partial charge on any atom is -0.380 e. The van der Waals surface area contributed by atoms with E-state index in [9.17, 15) is 0 Å². The Labute approximate surface area is 135 Å². The van der Waals surface area contributed by atoms with E-state index in [0.29, 0.717) is 11.6 Å². The van der Waals surface area contributed by atoms with Gasteiger partial charge in [-0.05, 0) is 48.2 Å². The van der Waals surface area contributed by atoms with Crippen LogP contribution >= 0.6 is 27.7 Å². The predicted octanol–water partition coefficient (Wildman–Crippen LogP) is 5.08. The molecule has 3 nitrogen and oxygen atoms in total. The number of nitrogen functional groups attached to an aromatic ring is 1. The normalized spacial score (nSPS) is 10.8. The quantitative estimate of drug-likeness (QED) is 0.662. The molecule has 1 aromatic heterocycles. The summed E-state index contributed by atoms with van der Waals surface area (Å²) in [4.78, 5) is 1.21. The predicted molar refractivity (Wildman–Crippen MR) is 91.3 cm³/mol. The first-order valence-electron chi connectivity index (χ1n) is 6.34. The fourth-order valence-corrected chi connectivity index (χ4v) is 2.81. The summed E-state index contributed by atoms with van der Waals surface area (Å²) < 4.78 is 6.47. The van der Waals surface area contributed by atoms with Gasteiger partial charge in [0.1, 0.15) is 0 Å². The second-order valence-corrected chi connectivity index (χ2v) is 6.30. The van der Waals surface area contributed by atoms with Crippen LogP contribution in [-0.4, -0.2) is 11.4 Å². The summed E-state index contributed by atoms with van der Waals surface area (Å²) in [6.07, 6.45) is 2.05. The van der Waals surface area contributed by atoms with E-state index >= 15 is 0 Å². The maximum atomic E-state index is 5.98. The van der Waals surface area contributed by atoms with E-state index < -0.39 is 0 Å². The maximum Gasteiger partial charge on any atom is 0.176 e. The van der Waals surface area contributed by atoms with Crippen LogP contribution in [0.2, 0.25) is 0 Å². The SMILES string of the molecule is CSc1ccc(-c2onc(N)c2-c2ccc(Br)cc2)cc1. The number of aromatic nitrogens is 1. The van der Waals surface area contributed by atoms with Crippen molar-refractivity contribution in [3.63, 3.8) is 0 Å². The Bertz CT molecular complexity index is 751. The lowest BCUT2D eigenvalue weighted by Crippen LogP contribution is -1.88. The van der Waals surface area contributed by atoms with E-state index in [-0.39, 0.29) is 0 Å². The molecule has 0 fully saturated rings. The monoisotopic (exact) mass is 360 g/mol. The molecule has 5 heteroatoms. The highest BCUT2D eigenvalue weighted by atomic mass is 79.9. The van der Waals surface area contributed by atoms with Crippen LogP contribution in [-0.2, 0) is 0 Å². The van der Waals surface area contributed by atoms with Crippen molar-refractivity contribution in [2.45, 2.75) is 4.90 Å². The van der Waals surface area contributed by atoms with Gasteiger partial charge in [0.15, 0.2) is 11.6 Å². The van der Waals surface area contributed by atoms with Crippen LogP contribution in [0.3, 0.4) is 0 Å². The van der Waals surface area contributed by atoms with Crippen LogP contribution in [0.1, 0.15) is 0 Å². The molecule has 106 valence electrons. The lowest BCUT2D eigenvalue weighted by molar-refractivity contribution is 0.436. The smallest absolute Gasteiger partial charge is 0.176 e. The molecule has 0 aliphatic carbocycles. The molecule has 0 amide bonds. The van der Waals surface area contributed by atoms with Crippen molar-refractivity contribution in [1.29, 1.82) is 0 Å². The Morgan fingerprint density at radius 2 is 1.62 bits per heavy atom. The highest BCUT2D eigenvalue weighted by molar-refractivity contribution is 9.10. The third-order valence-electron chi connectivity index (χ3n) is 3.20. The van der Waals surface area contributed by atoms with Gasteiger partial charge in [-0.3, -0.25) is 0 Å². The molecule has 3 rings (SSSR count). The zero-order chi connectivity index (χ0) is 14.8. The molecule has 0 saturated carbocycles. The third kappa shape index (κ3) is 2.84. The van der Waals surface area contributed by atoms with Crippen molar-refractivity contribution in [2.24, 2.45) is 0 Å². The van der Waals surface area contributed by atoms with Crippen molar-refractivity contribution in [2.75, 3.05) is 12.0 Å². The van der Waals surface area contributed by atoms with Gasteiger partial charge in [0.2, 0.25) is 0 Å². The second kappa shape index (κ2) is 5.95. The number of halogens is 1. The van der Waals surface area contributed by atoms with Crippen LogP contribution < -0.4 is 5.73 Å². The number of hydrogen-bond donors (Lipinski definition) is 1. The minimum atomic E-state index is 0.404. The zero-order valence-electron chi connectivity index (χ0n) is 11.3.